The molecule has 4 nitrogen and oxygen atoms in total. The number of benzene rings is 2. The molecule has 1 heterocycles. The van der Waals surface area contributed by atoms with Crippen LogP contribution in [0, 0.1) is 5.82 Å². The Kier molecular flexibility index (Phi) is 7.72. The lowest BCUT2D eigenvalue weighted by molar-refractivity contribution is -0.120. The second-order valence-electron chi connectivity index (χ2n) is 6.45. The van der Waals surface area contributed by atoms with Crippen molar-refractivity contribution < 1.29 is 9.18 Å². The van der Waals surface area contributed by atoms with Crippen LogP contribution in [0.25, 0.3) is 0 Å². The second-order valence-corrected chi connectivity index (χ2v) is 7.87. The lowest BCUT2D eigenvalue weighted by Gasteiger charge is -2.26. The molecule has 0 radical (unpaired) electrons. The number of thiophene rings is 1. The summed E-state index contributed by atoms with van der Waals surface area (Å²) < 4.78 is 14.1. The molecule has 1 amide bonds. The van der Waals surface area contributed by atoms with Crippen molar-refractivity contribution >= 4 is 34.6 Å². The zero-order chi connectivity index (χ0) is 20.5. The van der Waals surface area contributed by atoms with Crippen LogP contribution >= 0.6 is 23.6 Å². The van der Waals surface area contributed by atoms with Gasteiger partial charge in [-0.2, -0.15) is 0 Å². The molecule has 0 saturated heterocycles. The van der Waals surface area contributed by atoms with Crippen LogP contribution in [0.3, 0.4) is 0 Å². The van der Waals surface area contributed by atoms with Crippen molar-refractivity contribution in [2.45, 2.75) is 19.6 Å². The number of hydrogen-bond acceptors (Lipinski definition) is 3. The molecule has 3 rings (SSSR count). The van der Waals surface area contributed by atoms with Crippen LogP contribution in [-0.2, 0) is 24.4 Å². The Morgan fingerprint density at radius 2 is 1.72 bits per heavy atom. The molecule has 0 spiro atoms. The third-order valence-electron chi connectivity index (χ3n) is 4.26. The number of hydrogen-bond donors (Lipinski definition) is 2. The third kappa shape index (κ3) is 6.66. The van der Waals surface area contributed by atoms with E-state index in [-0.39, 0.29) is 18.3 Å². The van der Waals surface area contributed by atoms with E-state index in [1.165, 1.54) is 6.07 Å². The molecule has 3 aromatic rings. The van der Waals surface area contributed by atoms with E-state index in [1.54, 1.807) is 29.5 Å². The summed E-state index contributed by atoms with van der Waals surface area (Å²) in [5, 5.41) is 8.23. The van der Waals surface area contributed by atoms with Crippen molar-refractivity contribution in [3.8, 4) is 0 Å². The van der Waals surface area contributed by atoms with Gasteiger partial charge in [0.1, 0.15) is 5.82 Å². The molecule has 0 unspecified atom stereocenters. The Hall–Kier alpha value is -2.77. The summed E-state index contributed by atoms with van der Waals surface area (Å²) in [6.07, 6.45) is 0. The van der Waals surface area contributed by atoms with Gasteiger partial charge in [-0.3, -0.25) is 4.79 Å². The largest absolute Gasteiger partial charge is 0.353 e. The smallest absolute Gasteiger partial charge is 0.239 e. The molecule has 0 aliphatic carbocycles. The lowest BCUT2D eigenvalue weighted by atomic mass is 10.1. The molecular formula is C22H22FN3OS2. The van der Waals surface area contributed by atoms with Gasteiger partial charge in [0, 0.05) is 23.5 Å². The first-order valence-corrected chi connectivity index (χ1v) is 10.5. The van der Waals surface area contributed by atoms with Crippen LogP contribution < -0.4 is 10.6 Å². The van der Waals surface area contributed by atoms with Crippen LogP contribution in [0.2, 0.25) is 0 Å². The van der Waals surface area contributed by atoms with Crippen LogP contribution in [0.15, 0.2) is 72.1 Å². The van der Waals surface area contributed by atoms with Gasteiger partial charge in [-0.25, -0.2) is 4.39 Å². The maximum atomic E-state index is 14.1. The first-order chi connectivity index (χ1) is 14.1. The molecule has 0 fully saturated rings. The SMILES string of the molecule is O=C(CNC(=S)N(Cc1ccccc1)Cc1ccccc1F)NCc1cccs1. The van der Waals surface area contributed by atoms with Crippen molar-refractivity contribution in [3.63, 3.8) is 0 Å². The van der Waals surface area contributed by atoms with Crippen molar-refractivity contribution in [3.05, 3.63) is 93.9 Å². The van der Waals surface area contributed by atoms with E-state index in [9.17, 15) is 9.18 Å². The molecule has 29 heavy (non-hydrogen) atoms. The maximum Gasteiger partial charge on any atom is 0.239 e. The van der Waals surface area contributed by atoms with E-state index in [2.05, 4.69) is 10.6 Å². The number of amides is 1. The molecule has 150 valence electrons. The number of nitrogens with one attached hydrogen (secondary N) is 2. The summed E-state index contributed by atoms with van der Waals surface area (Å²) in [5.74, 6) is -0.423. The van der Waals surface area contributed by atoms with E-state index in [0.717, 1.165) is 10.4 Å². The fourth-order valence-electron chi connectivity index (χ4n) is 2.76. The van der Waals surface area contributed by atoms with E-state index in [1.807, 2.05) is 52.7 Å². The van der Waals surface area contributed by atoms with Gasteiger partial charge in [-0.05, 0) is 35.3 Å². The second kappa shape index (κ2) is 10.7. The summed E-state index contributed by atoms with van der Waals surface area (Å²) in [5.41, 5.74) is 1.60. The fraction of sp³-hybridized carbons (Fsp3) is 0.182. The van der Waals surface area contributed by atoms with Gasteiger partial charge in [0.15, 0.2) is 5.11 Å². The highest BCUT2D eigenvalue weighted by atomic mass is 32.1. The Labute approximate surface area is 179 Å². The molecule has 0 saturated carbocycles. The van der Waals surface area contributed by atoms with Crippen LogP contribution in [-0.4, -0.2) is 22.5 Å². The van der Waals surface area contributed by atoms with Gasteiger partial charge in [0.25, 0.3) is 0 Å². The minimum atomic E-state index is -0.276. The van der Waals surface area contributed by atoms with Gasteiger partial charge in [0.2, 0.25) is 5.91 Å². The highest BCUT2D eigenvalue weighted by Gasteiger charge is 2.14. The Bertz CT molecular complexity index is 932. The molecule has 1 aromatic heterocycles. The summed E-state index contributed by atoms with van der Waals surface area (Å²) in [7, 11) is 0. The number of nitrogens with zero attached hydrogens (tertiary/aromatic N) is 1. The predicted molar refractivity (Wildman–Crippen MR) is 119 cm³/mol. The molecule has 2 aromatic carbocycles. The Morgan fingerprint density at radius 3 is 2.45 bits per heavy atom. The first kappa shape index (κ1) is 21.0. The minimum absolute atomic E-state index is 0.0623. The minimum Gasteiger partial charge on any atom is -0.353 e. The summed E-state index contributed by atoms with van der Waals surface area (Å²) in [6, 6.07) is 20.4. The average Bonchev–Trinajstić information content (AvgIpc) is 3.26. The van der Waals surface area contributed by atoms with E-state index in [4.69, 9.17) is 12.2 Å². The van der Waals surface area contributed by atoms with Gasteiger partial charge in [-0.15, -0.1) is 11.3 Å². The molecule has 0 aliphatic rings. The quantitative estimate of drug-likeness (QED) is 0.532. The van der Waals surface area contributed by atoms with Gasteiger partial charge in [-0.1, -0.05) is 54.6 Å². The number of halogens is 1. The predicted octanol–water partition coefficient (Wildman–Crippen LogP) is 4.08. The normalized spacial score (nSPS) is 10.4. The van der Waals surface area contributed by atoms with Gasteiger partial charge in [0.05, 0.1) is 13.1 Å². The van der Waals surface area contributed by atoms with Crippen LogP contribution in [0.4, 0.5) is 4.39 Å². The monoisotopic (exact) mass is 427 g/mol. The molecular weight excluding hydrogens is 405 g/mol. The van der Waals surface area contributed by atoms with E-state index < -0.39 is 0 Å². The summed E-state index contributed by atoms with van der Waals surface area (Å²) >= 11 is 7.11. The van der Waals surface area contributed by atoms with Crippen LogP contribution in [0.1, 0.15) is 16.0 Å². The fourth-order valence-corrected chi connectivity index (χ4v) is 3.61. The molecule has 2 N–H and O–H groups in total. The third-order valence-corrected chi connectivity index (χ3v) is 5.54. The van der Waals surface area contributed by atoms with E-state index in [0.29, 0.717) is 30.3 Å². The molecule has 0 aliphatic heterocycles. The molecule has 0 atom stereocenters. The summed E-state index contributed by atoms with van der Waals surface area (Å²) in [4.78, 5) is 15.1. The molecule has 7 heteroatoms. The topological polar surface area (TPSA) is 44.4 Å². The highest BCUT2D eigenvalue weighted by Crippen LogP contribution is 2.13. The number of carbonyl (C=O) groups excluding carboxylic acids is 1. The zero-order valence-corrected chi connectivity index (χ0v) is 17.4. The average molecular weight is 428 g/mol. The first-order valence-electron chi connectivity index (χ1n) is 9.21. The zero-order valence-electron chi connectivity index (χ0n) is 15.8. The van der Waals surface area contributed by atoms with Crippen molar-refractivity contribution in [1.29, 1.82) is 0 Å². The van der Waals surface area contributed by atoms with Crippen molar-refractivity contribution in [2.24, 2.45) is 0 Å². The number of rotatable bonds is 8. The number of carbonyl (C=O) groups is 1. The van der Waals surface area contributed by atoms with Crippen molar-refractivity contribution in [1.82, 2.24) is 15.5 Å². The molecule has 0 bridgehead atoms. The van der Waals surface area contributed by atoms with E-state index >= 15 is 0 Å². The standard InChI is InChI=1S/C22H22FN3OS2/c23-20-11-5-4-9-18(20)16-26(15-17-7-2-1-3-8-17)22(28)25-14-21(27)24-13-19-10-6-12-29-19/h1-12H,13-16H2,(H,24,27)(H,25,28). The van der Waals surface area contributed by atoms with Gasteiger partial charge >= 0.3 is 0 Å². The number of thiocarbonyl (C=S) groups is 1. The van der Waals surface area contributed by atoms with Crippen LogP contribution in [0.5, 0.6) is 0 Å². The van der Waals surface area contributed by atoms with Crippen molar-refractivity contribution in [2.75, 3.05) is 6.54 Å². The maximum absolute atomic E-state index is 14.1. The lowest BCUT2D eigenvalue weighted by Crippen LogP contribution is -2.43. The Morgan fingerprint density at radius 1 is 0.966 bits per heavy atom. The highest BCUT2D eigenvalue weighted by molar-refractivity contribution is 7.80. The summed E-state index contributed by atoms with van der Waals surface area (Å²) in [6.45, 7) is 1.38. The Balaban J connectivity index is 1.60. The van der Waals surface area contributed by atoms with Gasteiger partial charge < -0.3 is 15.5 Å².